The number of carbonyl (C=O) groups is 1. The van der Waals surface area contributed by atoms with Gasteiger partial charge in [0.15, 0.2) is 18.0 Å². The SMILES string of the molecule is C[C@H](NC(=O)C[NH+]1CCC[C@@H]1c1ccc2c(c1)OCCO2)c1ccccc1. The summed E-state index contributed by atoms with van der Waals surface area (Å²) < 4.78 is 11.4. The van der Waals surface area contributed by atoms with Gasteiger partial charge < -0.3 is 19.7 Å². The van der Waals surface area contributed by atoms with Gasteiger partial charge in [-0.05, 0) is 30.7 Å². The summed E-state index contributed by atoms with van der Waals surface area (Å²) in [6, 6.07) is 16.7. The zero-order valence-electron chi connectivity index (χ0n) is 15.7. The second-order valence-corrected chi connectivity index (χ2v) is 7.38. The number of hydrogen-bond acceptors (Lipinski definition) is 3. The van der Waals surface area contributed by atoms with Gasteiger partial charge >= 0.3 is 0 Å². The molecule has 2 aliphatic rings. The topological polar surface area (TPSA) is 52.0 Å². The Hall–Kier alpha value is -2.53. The molecule has 1 fully saturated rings. The van der Waals surface area contributed by atoms with E-state index in [0.29, 0.717) is 25.8 Å². The highest BCUT2D eigenvalue weighted by Crippen LogP contribution is 2.33. The van der Waals surface area contributed by atoms with Gasteiger partial charge in [-0.2, -0.15) is 0 Å². The van der Waals surface area contributed by atoms with E-state index in [1.54, 1.807) is 0 Å². The van der Waals surface area contributed by atoms with Crippen molar-refractivity contribution in [1.82, 2.24) is 5.32 Å². The van der Waals surface area contributed by atoms with Crippen molar-refractivity contribution in [1.29, 1.82) is 0 Å². The molecule has 0 aliphatic carbocycles. The quantitative estimate of drug-likeness (QED) is 0.851. The molecular weight excluding hydrogens is 340 g/mol. The van der Waals surface area contributed by atoms with Gasteiger partial charge in [0.2, 0.25) is 0 Å². The minimum absolute atomic E-state index is 0.0217. The van der Waals surface area contributed by atoms with E-state index in [1.807, 2.05) is 43.3 Å². The molecule has 27 heavy (non-hydrogen) atoms. The highest BCUT2D eigenvalue weighted by Gasteiger charge is 2.32. The first-order chi connectivity index (χ1) is 13.2. The van der Waals surface area contributed by atoms with Gasteiger partial charge in [0, 0.05) is 18.4 Å². The molecule has 0 radical (unpaired) electrons. The minimum atomic E-state index is 0.0217. The van der Waals surface area contributed by atoms with Gasteiger partial charge in [-0.3, -0.25) is 4.79 Å². The number of likely N-dealkylation sites (tertiary alicyclic amines) is 1. The molecule has 3 atom stereocenters. The monoisotopic (exact) mass is 367 g/mol. The molecule has 2 aliphatic heterocycles. The molecule has 5 nitrogen and oxygen atoms in total. The van der Waals surface area contributed by atoms with Crippen LogP contribution in [-0.2, 0) is 4.79 Å². The largest absolute Gasteiger partial charge is 0.486 e. The van der Waals surface area contributed by atoms with Crippen molar-refractivity contribution in [3.05, 3.63) is 59.7 Å². The van der Waals surface area contributed by atoms with Crippen LogP contribution in [0, 0.1) is 0 Å². The maximum atomic E-state index is 12.6. The van der Waals surface area contributed by atoms with E-state index in [9.17, 15) is 4.79 Å². The second kappa shape index (κ2) is 8.01. The highest BCUT2D eigenvalue weighted by atomic mass is 16.6. The Balaban J connectivity index is 1.40. The second-order valence-electron chi connectivity index (χ2n) is 7.38. The van der Waals surface area contributed by atoms with Crippen LogP contribution in [0.25, 0.3) is 0 Å². The third-order valence-corrected chi connectivity index (χ3v) is 5.52. The molecule has 0 bridgehead atoms. The molecule has 1 amide bonds. The van der Waals surface area contributed by atoms with Crippen molar-refractivity contribution in [3.8, 4) is 11.5 Å². The lowest BCUT2D eigenvalue weighted by atomic mass is 10.0. The van der Waals surface area contributed by atoms with Crippen molar-refractivity contribution in [2.75, 3.05) is 26.3 Å². The molecule has 1 unspecified atom stereocenters. The normalized spacial score (nSPS) is 22.3. The van der Waals surface area contributed by atoms with E-state index in [2.05, 4.69) is 17.4 Å². The summed E-state index contributed by atoms with van der Waals surface area (Å²) >= 11 is 0. The Kier molecular flexibility index (Phi) is 5.30. The fourth-order valence-electron chi connectivity index (χ4n) is 4.13. The summed E-state index contributed by atoms with van der Waals surface area (Å²) in [6.45, 7) is 4.75. The Morgan fingerprint density at radius 3 is 2.74 bits per heavy atom. The molecule has 5 heteroatoms. The van der Waals surface area contributed by atoms with Crippen molar-refractivity contribution in [2.24, 2.45) is 0 Å². The Labute approximate surface area is 160 Å². The van der Waals surface area contributed by atoms with Crippen LogP contribution in [-0.4, -0.2) is 32.2 Å². The number of hydrogen-bond donors (Lipinski definition) is 2. The summed E-state index contributed by atoms with van der Waals surface area (Å²) in [7, 11) is 0. The molecule has 0 aromatic heterocycles. The molecular formula is C22H27N2O3+. The van der Waals surface area contributed by atoms with E-state index in [0.717, 1.165) is 36.4 Å². The predicted molar refractivity (Wildman–Crippen MR) is 103 cm³/mol. The Morgan fingerprint density at radius 1 is 1.15 bits per heavy atom. The summed E-state index contributed by atoms with van der Waals surface area (Å²) in [4.78, 5) is 13.9. The van der Waals surface area contributed by atoms with Gasteiger partial charge in [0.25, 0.3) is 5.91 Å². The first-order valence-corrected chi connectivity index (χ1v) is 9.79. The fourth-order valence-corrected chi connectivity index (χ4v) is 4.13. The van der Waals surface area contributed by atoms with E-state index in [4.69, 9.17) is 9.47 Å². The molecule has 142 valence electrons. The third kappa shape index (κ3) is 4.08. The molecule has 4 rings (SSSR count). The molecule has 2 heterocycles. The number of ether oxygens (including phenoxy) is 2. The first kappa shape index (κ1) is 17.9. The fraction of sp³-hybridized carbons (Fsp3) is 0.409. The first-order valence-electron chi connectivity index (χ1n) is 9.79. The van der Waals surface area contributed by atoms with Crippen LogP contribution >= 0.6 is 0 Å². The van der Waals surface area contributed by atoms with Crippen LogP contribution in [0.2, 0.25) is 0 Å². The zero-order chi connectivity index (χ0) is 18.6. The lowest BCUT2D eigenvalue weighted by Gasteiger charge is -2.24. The number of rotatable bonds is 5. The third-order valence-electron chi connectivity index (χ3n) is 5.52. The van der Waals surface area contributed by atoms with E-state index in [1.165, 1.54) is 10.5 Å². The number of benzene rings is 2. The molecule has 0 saturated carbocycles. The van der Waals surface area contributed by atoms with E-state index in [-0.39, 0.29) is 11.9 Å². The van der Waals surface area contributed by atoms with Crippen LogP contribution in [0.4, 0.5) is 0 Å². The van der Waals surface area contributed by atoms with Gasteiger partial charge in [0.1, 0.15) is 19.3 Å². The van der Waals surface area contributed by atoms with Crippen LogP contribution in [0.5, 0.6) is 11.5 Å². The van der Waals surface area contributed by atoms with Crippen molar-refractivity contribution >= 4 is 5.91 Å². The zero-order valence-corrected chi connectivity index (χ0v) is 15.7. The standard InChI is InChI=1S/C22H26N2O3/c1-16(17-6-3-2-4-7-17)23-22(25)15-24-11-5-8-19(24)18-9-10-20-21(14-18)27-13-12-26-20/h2-4,6-7,9-10,14,16,19H,5,8,11-13,15H2,1H3,(H,23,25)/p+1/t16-,19+/m0/s1. The van der Waals surface area contributed by atoms with Crippen molar-refractivity contribution < 1.29 is 19.2 Å². The number of amides is 1. The minimum Gasteiger partial charge on any atom is -0.486 e. The number of quaternary nitrogens is 1. The molecule has 0 spiro atoms. The van der Waals surface area contributed by atoms with Crippen molar-refractivity contribution in [2.45, 2.75) is 31.8 Å². The Bertz CT molecular complexity index is 793. The van der Waals surface area contributed by atoms with Crippen molar-refractivity contribution in [3.63, 3.8) is 0 Å². The summed E-state index contributed by atoms with van der Waals surface area (Å²) in [6.07, 6.45) is 2.23. The van der Waals surface area contributed by atoms with Crippen LogP contribution in [0.15, 0.2) is 48.5 Å². The van der Waals surface area contributed by atoms with Gasteiger partial charge in [-0.1, -0.05) is 30.3 Å². The Morgan fingerprint density at radius 2 is 1.93 bits per heavy atom. The van der Waals surface area contributed by atoms with Gasteiger partial charge in [-0.25, -0.2) is 0 Å². The maximum Gasteiger partial charge on any atom is 0.275 e. The molecule has 2 N–H and O–H groups in total. The van der Waals surface area contributed by atoms with Crippen LogP contribution in [0.3, 0.4) is 0 Å². The summed E-state index contributed by atoms with van der Waals surface area (Å²) in [5, 5.41) is 3.14. The van der Waals surface area contributed by atoms with E-state index >= 15 is 0 Å². The van der Waals surface area contributed by atoms with Gasteiger partial charge in [-0.15, -0.1) is 0 Å². The lowest BCUT2D eigenvalue weighted by Crippen LogP contribution is -3.11. The molecule has 2 aromatic carbocycles. The lowest BCUT2D eigenvalue weighted by molar-refractivity contribution is -0.910. The summed E-state index contributed by atoms with van der Waals surface area (Å²) in [5.74, 6) is 1.75. The number of nitrogens with one attached hydrogen (secondary N) is 2. The predicted octanol–water partition coefficient (Wildman–Crippen LogP) is 2.05. The molecule has 1 saturated heterocycles. The van der Waals surface area contributed by atoms with E-state index < -0.39 is 0 Å². The van der Waals surface area contributed by atoms with Gasteiger partial charge in [0.05, 0.1) is 12.6 Å². The average molecular weight is 367 g/mol. The van der Waals surface area contributed by atoms with Crippen LogP contribution in [0.1, 0.15) is 43.0 Å². The number of fused-ring (bicyclic) bond motifs is 1. The summed E-state index contributed by atoms with van der Waals surface area (Å²) in [5.41, 5.74) is 2.36. The maximum absolute atomic E-state index is 12.6. The highest BCUT2D eigenvalue weighted by molar-refractivity contribution is 5.77. The number of carbonyl (C=O) groups excluding carboxylic acids is 1. The van der Waals surface area contributed by atoms with Crippen LogP contribution < -0.4 is 19.7 Å². The average Bonchev–Trinajstić information content (AvgIpc) is 3.16. The smallest absolute Gasteiger partial charge is 0.275 e. The molecule has 2 aromatic rings.